The van der Waals surface area contributed by atoms with Gasteiger partial charge in [0.2, 0.25) is 5.91 Å². The van der Waals surface area contributed by atoms with Crippen molar-refractivity contribution in [2.24, 2.45) is 0 Å². The van der Waals surface area contributed by atoms with Crippen LogP contribution in [-0.2, 0) is 14.6 Å². The van der Waals surface area contributed by atoms with Gasteiger partial charge in [-0.2, -0.15) is 0 Å². The highest BCUT2D eigenvalue weighted by atomic mass is 35.5. The number of hydrogen-bond donors (Lipinski definition) is 1. The van der Waals surface area contributed by atoms with Gasteiger partial charge < -0.3 is 10.2 Å². The zero-order valence-corrected chi connectivity index (χ0v) is 12.7. The quantitative estimate of drug-likeness (QED) is 0.901. The predicted octanol–water partition coefficient (Wildman–Crippen LogP) is 0.934. The van der Waals surface area contributed by atoms with Crippen LogP contribution in [0.3, 0.4) is 0 Å². The summed E-state index contributed by atoms with van der Waals surface area (Å²) >= 11 is 5.73. The van der Waals surface area contributed by atoms with Crippen LogP contribution >= 0.6 is 11.6 Å². The first kappa shape index (κ1) is 15.3. The lowest BCUT2D eigenvalue weighted by Gasteiger charge is -2.31. The fourth-order valence-corrected chi connectivity index (χ4v) is 3.49. The Hall–Kier alpha value is -1.11. The number of piperazine rings is 1. The molecule has 0 bridgehead atoms. The molecule has 0 spiro atoms. The maximum Gasteiger partial charge on any atom is 0.238 e. The largest absolute Gasteiger partial charge is 0.339 e. The van der Waals surface area contributed by atoms with E-state index in [9.17, 15) is 13.2 Å². The summed E-state index contributed by atoms with van der Waals surface area (Å²) in [6, 6.07) is 6.04. The molecule has 1 aliphatic rings. The van der Waals surface area contributed by atoms with E-state index in [4.69, 9.17) is 11.6 Å². The molecule has 0 saturated carbocycles. The summed E-state index contributed by atoms with van der Waals surface area (Å²) in [6.07, 6.45) is 0. The number of nitrogens with zero attached hydrogens (tertiary/aromatic N) is 1. The lowest BCUT2D eigenvalue weighted by molar-refractivity contribution is -0.129. The van der Waals surface area contributed by atoms with Gasteiger partial charge in [-0.3, -0.25) is 4.79 Å². The second-order valence-corrected chi connectivity index (χ2v) is 7.33. The molecule has 1 aromatic rings. The van der Waals surface area contributed by atoms with Gasteiger partial charge in [0.15, 0.2) is 9.84 Å². The van der Waals surface area contributed by atoms with Crippen LogP contribution in [0.15, 0.2) is 29.2 Å². The molecule has 1 saturated heterocycles. The second kappa shape index (κ2) is 6.11. The summed E-state index contributed by atoms with van der Waals surface area (Å²) in [6.45, 7) is 3.73. The van der Waals surface area contributed by atoms with Crippen LogP contribution in [0, 0.1) is 0 Å². The standard InChI is InChI=1S/C13H17ClN2O3S/c1-10-8-16(7-6-15-10)13(17)9-20(18,19)12-4-2-11(14)3-5-12/h2-5,10,15H,6-9H2,1H3/t10-/m0/s1. The van der Waals surface area contributed by atoms with Gasteiger partial charge >= 0.3 is 0 Å². The molecule has 20 heavy (non-hydrogen) atoms. The van der Waals surface area contributed by atoms with E-state index in [0.717, 1.165) is 0 Å². The Balaban J connectivity index is 2.08. The number of amides is 1. The molecular weight excluding hydrogens is 300 g/mol. The number of nitrogens with one attached hydrogen (secondary N) is 1. The molecule has 110 valence electrons. The number of carbonyl (C=O) groups is 1. The Bertz CT molecular complexity index is 586. The Kier molecular flexibility index (Phi) is 4.67. The first-order valence-corrected chi connectivity index (χ1v) is 8.41. The van der Waals surface area contributed by atoms with E-state index in [-0.39, 0.29) is 16.8 Å². The zero-order valence-electron chi connectivity index (χ0n) is 11.2. The van der Waals surface area contributed by atoms with Gasteiger partial charge in [0, 0.05) is 30.7 Å². The number of rotatable bonds is 3. The summed E-state index contributed by atoms with van der Waals surface area (Å²) < 4.78 is 24.3. The smallest absolute Gasteiger partial charge is 0.238 e. The van der Waals surface area contributed by atoms with Crippen molar-refractivity contribution in [1.29, 1.82) is 0 Å². The van der Waals surface area contributed by atoms with E-state index in [0.29, 0.717) is 24.7 Å². The van der Waals surface area contributed by atoms with Crippen molar-refractivity contribution in [2.75, 3.05) is 25.4 Å². The van der Waals surface area contributed by atoms with Gasteiger partial charge in [0.1, 0.15) is 5.75 Å². The van der Waals surface area contributed by atoms with E-state index >= 15 is 0 Å². The van der Waals surface area contributed by atoms with Gasteiger partial charge in [-0.25, -0.2) is 8.42 Å². The van der Waals surface area contributed by atoms with Crippen LogP contribution in [0.1, 0.15) is 6.92 Å². The minimum Gasteiger partial charge on any atom is -0.339 e. The molecule has 2 rings (SSSR count). The van der Waals surface area contributed by atoms with Gasteiger partial charge in [0.25, 0.3) is 0 Å². The van der Waals surface area contributed by atoms with Crippen molar-refractivity contribution in [3.63, 3.8) is 0 Å². The SMILES string of the molecule is C[C@H]1CN(C(=O)CS(=O)(=O)c2ccc(Cl)cc2)CCN1. The Morgan fingerprint density at radius 1 is 1.40 bits per heavy atom. The first-order valence-electron chi connectivity index (χ1n) is 6.38. The fourth-order valence-electron chi connectivity index (χ4n) is 2.14. The van der Waals surface area contributed by atoms with Crippen LogP contribution in [0.2, 0.25) is 5.02 Å². The number of carbonyl (C=O) groups excluding carboxylic acids is 1. The molecule has 7 heteroatoms. The maximum absolute atomic E-state index is 12.2. The lowest BCUT2D eigenvalue weighted by Crippen LogP contribution is -2.52. The highest BCUT2D eigenvalue weighted by Crippen LogP contribution is 2.16. The summed E-state index contributed by atoms with van der Waals surface area (Å²) in [7, 11) is -3.61. The summed E-state index contributed by atoms with van der Waals surface area (Å²) in [5.41, 5.74) is 0. The number of sulfone groups is 1. The van der Waals surface area contributed by atoms with Gasteiger partial charge in [-0.1, -0.05) is 11.6 Å². The monoisotopic (exact) mass is 316 g/mol. The van der Waals surface area contributed by atoms with Crippen molar-refractivity contribution in [1.82, 2.24) is 10.2 Å². The molecule has 1 aromatic carbocycles. The Labute approximate surface area is 123 Å². The summed E-state index contributed by atoms with van der Waals surface area (Å²) in [5.74, 6) is -0.852. The highest BCUT2D eigenvalue weighted by Gasteiger charge is 2.26. The third-order valence-electron chi connectivity index (χ3n) is 3.21. The number of halogens is 1. The summed E-state index contributed by atoms with van der Waals surface area (Å²) in [5, 5.41) is 3.67. The molecule has 0 aromatic heterocycles. The van der Waals surface area contributed by atoms with Crippen molar-refractivity contribution in [3.8, 4) is 0 Å². The van der Waals surface area contributed by atoms with Crippen molar-refractivity contribution < 1.29 is 13.2 Å². The maximum atomic E-state index is 12.2. The third-order valence-corrected chi connectivity index (χ3v) is 5.08. The average Bonchev–Trinajstić information content (AvgIpc) is 2.38. The molecule has 0 radical (unpaired) electrons. The average molecular weight is 317 g/mol. The topological polar surface area (TPSA) is 66.5 Å². The minimum absolute atomic E-state index is 0.124. The molecular formula is C13H17ClN2O3S. The molecule has 1 N–H and O–H groups in total. The Morgan fingerprint density at radius 3 is 2.65 bits per heavy atom. The molecule has 0 aliphatic carbocycles. The van der Waals surface area contributed by atoms with Crippen LogP contribution < -0.4 is 5.32 Å². The van der Waals surface area contributed by atoms with Gasteiger partial charge in [-0.05, 0) is 31.2 Å². The molecule has 5 nitrogen and oxygen atoms in total. The second-order valence-electron chi connectivity index (χ2n) is 4.91. The molecule has 1 aliphatic heterocycles. The van der Waals surface area contributed by atoms with Crippen LogP contribution in [0.5, 0.6) is 0 Å². The van der Waals surface area contributed by atoms with Crippen molar-refractivity contribution >= 4 is 27.3 Å². The van der Waals surface area contributed by atoms with E-state index in [1.165, 1.54) is 24.3 Å². The van der Waals surface area contributed by atoms with Gasteiger partial charge in [-0.15, -0.1) is 0 Å². The van der Waals surface area contributed by atoms with Crippen LogP contribution in [-0.4, -0.2) is 50.7 Å². The Morgan fingerprint density at radius 2 is 2.05 bits per heavy atom. The summed E-state index contributed by atoms with van der Waals surface area (Å²) in [4.78, 5) is 13.8. The van der Waals surface area contributed by atoms with E-state index in [1.54, 1.807) is 4.90 Å². The van der Waals surface area contributed by atoms with Crippen LogP contribution in [0.25, 0.3) is 0 Å². The van der Waals surface area contributed by atoms with Gasteiger partial charge in [0.05, 0.1) is 4.90 Å². The van der Waals surface area contributed by atoms with Crippen LogP contribution in [0.4, 0.5) is 0 Å². The van der Waals surface area contributed by atoms with Crippen molar-refractivity contribution in [3.05, 3.63) is 29.3 Å². The molecule has 1 heterocycles. The minimum atomic E-state index is -3.61. The zero-order chi connectivity index (χ0) is 14.8. The number of benzene rings is 1. The normalized spacial score (nSPS) is 19.9. The molecule has 1 fully saturated rings. The molecule has 1 amide bonds. The number of hydrogen-bond acceptors (Lipinski definition) is 4. The predicted molar refractivity (Wildman–Crippen MR) is 77.5 cm³/mol. The lowest BCUT2D eigenvalue weighted by atomic mass is 10.2. The molecule has 1 atom stereocenters. The highest BCUT2D eigenvalue weighted by molar-refractivity contribution is 7.92. The molecule has 0 unspecified atom stereocenters. The van der Waals surface area contributed by atoms with E-state index in [2.05, 4.69) is 5.32 Å². The van der Waals surface area contributed by atoms with E-state index in [1.807, 2.05) is 6.92 Å². The van der Waals surface area contributed by atoms with E-state index < -0.39 is 15.6 Å². The fraction of sp³-hybridized carbons (Fsp3) is 0.462. The third kappa shape index (κ3) is 3.71. The first-order chi connectivity index (χ1) is 9.38. The van der Waals surface area contributed by atoms with Crippen molar-refractivity contribution in [2.45, 2.75) is 17.9 Å².